The highest BCUT2D eigenvalue weighted by Crippen LogP contribution is 2.27. The number of hydrogen-bond acceptors (Lipinski definition) is 3. The van der Waals surface area contributed by atoms with Gasteiger partial charge in [0.1, 0.15) is 11.7 Å². The van der Waals surface area contributed by atoms with Crippen molar-refractivity contribution in [2.75, 3.05) is 5.88 Å². The largest absolute Gasteiger partial charge is 0.347 e. The Balaban J connectivity index is 1.79. The molecule has 1 saturated carbocycles. The van der Waals surface area contributed by atoms with Crippen LogP contribution in [0, 0.1) is 23.2 Å². The molecule has 6 nitrogen and oxygen atoms in total. The first-order valence-corrected chi connectivity index (χ1v) is 12.6. The topological polar surface area (TPSA) is 86.9 Å². The van der Waals surface area contributed by atoms with Crippen LogP contribution in [0.3, 0.4) is 0 Å². The number of halogens is 2. The van der Waals surface area contributed by atoms with Gasteiger partial charge in [-0.3, -0.25) is 9.59 Å². The van der Waals surface area contributed by atoms with Gasteiger partial charge in [-0.25, -0.2) is 0 Å². The molecule has 0 spiro atoms. The molecule has 1 fully saturated rings. The Hall–Kier alpha value is -2.23. The average molecular weight is 491 g/mol. The summed E-state index contributed by atoms with van der Waals surface area (Å²) in [6, 6.07) is 8.83. The van der Waals surface area contributed by atoms with Gasteiger partial charge >= 0.3 is 0 Å². The molecule has 1 aromatic carbocycles. The maximum atomic E-state index is 13.4. The lowest BCUT2D eigenvalue weighted by atomic mass is 9.83. The Morgan fingerprint density at radius 1 is 1.24 bits per heavy atom. The van der Waals surface area contributed by atoms with Gasteiger partial charge in [0.2, 0.25) is 5.91 Å². The molecule has 8 heteroatoms. The molecule has 2 aromatic rings. The van der Waals surface area contributed by atoms with Crippen LogP contribution in [0.2, 0.25) is 5.02 Å². The second-order valence-corrected chi connectivity index (χ2v) is 10.0. The molecule has 1 heterocycles. The lowest BCUT2D eigenvalue weighted by molar-refractivity contribution is -0.127. The van der Waals surface area contributed by atoms with Gasteiger partial charge in [0, 0.05) is 28.9 Å². The van der Waals surface area contributed by atoms with Crippen molar-refractivity contribution < 1.29 is 9.59 Å². The van der Waals surface area contributed by atoms with Crippen molar-refractivity contribution >= 4 is 45.9 Å². The summed E-state index contributed by atoms with van der Waals surface area (Å²) in [4.78, 5) is 26.4. The number of benzene rings is 1. The van der Waals surface area contributed by atoms with Crippen LogP contribution in [0.15, 0.2) is 24.3 Å². The number of aromatic nitrogens is 1. The summed E-state index contributed by atoms with van der Waals surface area (Å²) in [5, 5.41) is 17.0. The molecule has 1 aliphatic carbocycles. The molecule has 0 aliphatic heterocycles. The van der Waals surface area contributed by atoms with Gasteiger partial charge in [0.05, 0.1) is 17.5 Å². The van der Waals surface area contributed by atoms with Gasteiger partial charge in [-0.2, -0.15) is 5.26 Å². The molecule has 3 atom stereocenters. The maximum absolute atomic E-state index is 13.4. The number of nitriles is 1. The highest BCUT2D eigenvalue weighted by molar-refractivity contribution is 6.31. The van der Waals surface area contributed by atoms with Crippen LogP contribution >= 0.6 is 23.2 Å². The van der Waals surface area contributed by atoms with E-state index in [4.69, 9.17) is 23.2 Å². The highest BCUT2D eigenvalue weighted by Gasteiger charge is 2.33. The number of carbonyl (C=O) groups is 2. The van der Waals surface area contributed by atoms with Crippen molar-refractivity contribution in [3.05, 3.63) is 35.0 Å². The van der Waals surface area contributed by atoms with Gasteiger partial charge in [-0.05, 0) is 49.8 Å². The van der Waals surface area contributed by atoms with Gasteiger partial charge in [0.15, 0.2) is 0 Å². The van der Waals surface area contributed by atoms with Gasteiger partial charge < -0.3 is 15.2 Å². The lowest BCUT2D eigenvalue weighted by Crippen LogP contribution is -2.50. The first-order chi connectivity index (χ1) is 15.8. The zero-order valence-corrected chi connectivity index (χ0v) is 20.8. The van der Waals surface area contributed by atoms with Gasteiger partial charge in [-0.1, -0.05) is 44.4 Å². The maximum Gasteiger partial charge on any atom is 0.268 e. The Morgan fingerprint density at radius 2 is 2.00 bits per heavy atom. The normalized spacial score (nSPS) is 19.3. The third-order valence-corrected chi connectivity index (χ3v) is 6.72. The smallest absolute Gasteiger partial charge is 0.268 e. The number of nitrogens with zero attached hydrogens (tertiary/aromatic N) is 2. The second kappa shape index (κ2) is 11.8. The fraction of sp³-hybridized carbons (Fsp3) is 0.560. The lowest BCUT2D eigenvalue weighted by Gasteiger charge is -2.32. The second-order valence-electron chi connectivity index (χ2n) is 9.22. The summed E-state index contributed by atoms with van der Waals surface area (Å²) < 4.78 is 1.95. The van der Waals surface area contributed by atoms with E-state index >= 15 is 0 Å². The fourth-order valence-electron chi connectivity index (χ4n) is 4.63. The molecule has 1 aromatic heterocycles. The zero-order valence-electron chi connectivity index (χ0n) is 19.2. The van der Waals surface area contributed by atoms with Crippen molar-refractivity contribution in [1.82, 2.24) is 15.2 Å². The van der Waals surface area contributed by atoms with E-state index in [1.807, 2.05) is 42.7 Å². The third-order valence-electron chi connectivity index (χ3n) is 6.21. The van der Waals surface area contributed by atoms with Crippen molar-refractivity contribution in [2.45, 2.75) is 71.0 Å². The monoisotopic (exact) mass is 490 g/mol. The molecule has 0 saturated heterocycles. The minimum Gasteiger partial charge on any atom is -0.347 e. The Labute approximate surface area is 205 Å². The first-order valence-electron chi connectivity index (χ1n) is 11.7. The Morgan fingerprint density at radius 3 is 2.70 bits per heavy atom. The number of alkyl halides is 1. The Kier molecular flexibility index (Phi) is 9.05. The first kappa shape index (κ1) is 25.4. The number of fused-ring (bicyclic) bond motifs is 1. The van der Waals surface area contributed by atoms with Crippen molar-refractivity contribution in [2.24, 2.45) is 11.8 Å². The van der Waals surface area contributed by atoms with E-state index in [2.05, 4.69) is 16.7 Å². The molecule has 178 valence electrons. The molecule has 0 bridgehead atoms. The standard InChI is InChI=1S/C25H32Cl2N4O2/c1-16(2)12-19(15-28)29-24(32)20-6-3-4-7-21(20)30-25(33)23-13-17-8-9-18(27)14-22(17)31(23)11-5-10-26/h8-9,13-14,16,19-21H,3-7,10-12H2,1-2H3,(H,29,32)(H,30,33)/t19-,20+,21-/m0/s1. The zero-order chi connectivity index (χ0) is 24.0. The molecule has 0 radical (unpaired) electrons. The molecule has 3 rings (SSSR count). The summed E-state index contributed by atoms with van der Waals surface area (Å²) >= 11 is 12.1. The highest BCUT2D eigenvalue weighted by atomic mass is 35.5. The fourth-order valence-corrected chi connectivity index (χ4v) is 4.91. The van der Waals surface area contributed by atoms with E-state index < -0.39 is 6.04 Å². The number of carbonyl (C=O) groups excluding carboxylic acids is 2. The van der Waals surface area contributed by atoms with E-state index in [0.29, 0.717) is 41.9 Å². The van der Waals surface area contributed by atoms with E-state index in [1.54, 1.807) is 0 Å². The quantitative estimate of drug-likeness (QED) is 0.469. The SMILES string of the molecule is CC(C)C[C@@H](C#N)NC(=O)[C@@H]1CCCC[C@@H]1NC(=O)c1cc2ccc(Cl)cc2n1CCCCl. The van der Waals surface area contributed by atoms with Gasteiger partial charge in [0.25, 0.3) is 5.91 Å². The van der Waals surface area contributed by atoms with Crippen LogP contribution in [-0.4, -0.2) is 34.3 Å². The summed E-state index contributed by atoms with van der Waals surface area (Å²) in [7, 11) is 0. The molecule has 1 aliphatic rings. The van der Waals surface area contributed by atoms with Crippen LogP contribution in [0.25, 0.3) is 10.9 Å². The summed E-state index contributed by atoms with van der Waals surface area (Å²) in [5.74, 6) is 0.0890. The number of nitrogens with one attached hydrogen (secondary N) is 2. The molecule has 0 unspecified atom stereocenters. The van der Waals surface area contributed by atoms with Crippen molar-refractivity contribution in [1.29, 1.82) is 5.26 Å². The third kappa shape index (κ3) is 6.43. The predicted octanol–water partition coefficient (Wildman–Crippen LogP) is 5.27. The van der Waals surface area contributed by atoms with E-state index in [0.717, 1.165) is 36.6 Å². The van der Waals surface area contributed by atoms with Crippen LogP contribution < -0.4 is 10.6 Å². The van der Waals surface area contributed by atoms with Crippen LogP contribution in [0.1, 0.15) is 62.9 Å². The van der Waals surface area contributed by atoms with E-state index in [1.165, 1.54) is 0 Å². The van der Waals surface area contributed by atoms with E-state index in [-0.39, 0.29) is 23.8 Å². The molecule has 2 N–H and O–H groups in total. The van der Waals surface area contributed by atoms with Crippen LogP contribution in [-0.2, 0) is 11.3 Å². The average Bonchev–Trinajstić information content (AvgIpc) is 3.14. The van der Waals surface area contributed by atoms with Crippen molar-refractivity contribution in [3.8, 4) is 6.07 Å². The van der Waals surface area contributed by atoms with Gasteiger partial charge in [-0.15, -0.1) is 11.6 Å². The minimum absolute atomic E-state index is 0.151. The van der Waals surface area contributed by atoms with Crippen LogP contribution in [0.4, 0.5) is 0 Å². The van der Waals surface area contributed by atoms with E-state index in [9.17, 15) is 14.9 Å². The number of aryl methyl sites for hydroxylation is 1. The molecule has 2 amide bonds. The summed E-state index contributed by atoms with van der Waals surface area (Å²) in [6.45, 7) is 4.65. The Bertz CT molecular complexity index is 1030. The number of hydrogen-bond donors (Lipinski definition) is 2. The number of rotatable bonds is 9. The predicted molar refractivity (Wildman–Crippen MR) is 132 cm³/mol. The molecule has 33 heavy (non-hydrogen) atoms. The number of amides is 2. The molecular weight excluding hydrogens is 459 g/mol. The molecular formula is C25H32Cl2N4O2. The van der Waals surface area contributed by atoms with Crippen molar-refractivity contribution in [3.63, 3.8) is 0 Å². The summed E-state index contributed by atoms with van der Waals surface area (Å²) in [5.41, 5.74) is 1.43. The summed E-state index contributed by atoms with van der Waals surface area (Å²) in [6.07, 6.45) is 4.64. The minimum atomic E-state index is -0.515. The van der Waals surface area contributed by atoms with Crippen LogP contribution in [0.5, 0.6) is 0 Å².